The second-order valence-corrected chi connectivity index (χ2v) is 4.77. The molecule has 5 nitrogen and oxygen atoms in total. The van der Waals surface area contributed by atoms with Crippen molar-refractivity contribution < 1.29 is 0 Å². The quantitative estimate of drug-likeness (QED) is 0.852. The minimum absolute atomic E-state index is 0.00745. The molecule has 1 unspecified atom stereocenters. The Bertz CT molecular complexity index is 474. The van der Waals surface area contributed by atoms with Crippen LogP contribution in [0, 0.1) is 0 Å². The second-order valence-electron chi connectivity index (χ2n) is 3.88. The van der Waals surface area contributed by atoms with Gasteiger partial charge in [-0.15, -0.1) is 11.3 Å². The number of nitrogens with one attached hydrogen (secondary N) is 1. The summed E-state index contributed by atoms with van der Waals surface area (Å²) in [5.41, 5.74) is 6.78. The first kappa shape index (κ1) is 12.1. The van der Waals surface area contributed by atoms with Crippen molar-refractivity contribution in [3.63, 3.8) is 0 Å². The van der Waals surface area contributed by atoms with Crippen molar-refractivity contribution in [3.05, 3.63) is 28.3 Å². The Labute approximate surface area is 105 Å². The van der Waals surface area contributed by atoms with Crippen LogP contribution in [-0.4, -0.2) is 14.8 Å². The predicted octanol–water partition coefficient (Wildman–Crippen LogP) is 1.99. The molecule has 2 aromatic rings. The molecule has 2 heterocycles. The number of aryl methyl sites for hydroxylation is 1. The molecule has 0 aliphatic carbocycles. The third-order valence-electron chi connectivity index (χ3n) is 2.37. The normalized spacial score (nSPS) is 12.6. The van der Waals surface area contributed by atoms with E-state index in [0.29, 0.717) is 6.54 Å². The summed E-state index contributed by atoms with van der Waals surface area (Å²) < 4.78 is 1.89. The molecule has 0 spiro atoms. The van der Waals surface area contributed by atoms with Gasteiger partial charge in [-0.05, 0) is 13.8 Å². The first-order valence-corrected chi connectivity index (χ1v) is 6.54. The minimum Gasteiger partial charge on any atom is -0.363 e. The van der Waals surface area contributed by atoms with Gasteiger partial charge in [-0.1, -0.05) is 0 Å². The van der Waals surface area contributed by atoms with E-state index in [0.717, 1.165) is 23.1 Å². The summed E-state index contributed by atoms with van der Waals surface area (Å²) in [4.78, 5) is 4.45. The molecule has 0 saturated carbocycles. The van der Waals surface area contributed by atoms with Crippen molar-refractivity contribution in [2.75, 3.05) is 5.32 Å². The summed E-state index contributed by atoms with van der Waals surface area (Å²) in [6, 6.07) is 1.97. The van der Waals surface area contributed by atoms with Crippen LogP contribution in [0.2, 0.25) is 0 Å². The number of nitrogens with zero attached hydrogens (tertiary/aromatic N) is 3. The molecule has 0 aliphatic rings. The monoisotopic (exact) mass is 251 g/mol. The molecular formula is C11H17N5S. The zero-order chi connectivity index (χ0) is 12.3. The minimum atomic E-state index is 0.00745. The molecule has 0 saturated heterocycles. The number of hydrogen-bond acceptors (Lipinski definition) is 5. The van der Waals surface area contributed by atoms with E-state index < -0.39 is 0 Å². The number of aromatic nitrogens is 3. The van der Waals surface area contributed by atoms with E-state index in [9.17, 15) is 0 Å². The van der Waals surface area contributed by atoms with Gasteiger partial charge < -0.3 is 11.1 Å². The highest BCUT2D eigenvalue weighted by Crippen LogP contribution is 2.16. The van der Waals surface area contributed by atoms with Gasteiger partial charge in [-0.2, -0.15) is 5.10 Å². The van der Waals surface area contributed by atoms with Gasteiger partial charge in [0.25, 0.3) is 0 Å². The van der Waals surface area contributed by atoms with E-state index in [1.165, 1.54) is 0 Å². The molecule has 0 aliphatic heterocycles. The summed E-state index contributed by atoms with van der Waals surface area (Å²) >= 11 is 1.60. The molecule has 92 valence electrons. The SMILES string of the molecule is CCn1ccc(NCc2csc(C(C)N)n2)n1. The molecule has 0 aromatic carbocycles. The highest BCUT2D eigenvalue weighted by molar-refractivity contribution is 7.09. The Hall–Kier alpha value is -1.40. The Morgan fingerprint density at radius 2 is 2.41 bits per heavy atom. The number of nitrogens with two attached hydrogens (primary N) is 1. The molecule has 17 heavy (non-hydrogen) atoms. The van der Waals surface area contributed by atoms with Gasteiger partial charge in [-0.25, -0.2) is 4.98 Å². The van der Waals surface area contributed by atoms with Crippen LogP contribution in [0.15, 0.2) is 17.6 Å². The van der Waals surface area contributed by atoms with Crippen molar-refractivity contribution in [2.45, 2.75) is 33.0 Å². The number of thiazole rings is 1. The average Bonchev–Trinajstić information content (AvgIpc) is 2.95. The lowest BCUT2D eigenvalue weighted by Crippen LogP contribution is -2.06. The molecular weight excluding hydrogens is 234 g/mol. The van der Waals surface area contributed by atoms with Gasteiger partial charge in [0.15, 0.2) is 0 Å². The van der Waals surface area contributed by atoms with E-state index in [4.69, 9.17) is 5.73 Å². The number of hydrogen-bond donors (Lipinski definition) is 2. The maximum atomic E-state index is 5.77. The van der Waals surface area contributed by atoms with Crippen LogP contribution in [0.5, 0.6) is 0 Å². The largest absolute Gasteiger partial charge is 0.363 e. The van der Waals surface area contributed by atoms with Gasteiger partial charge in [0, 0.05) is 24.2 Å². The van der Waals surface area contributed by atoms with Crippen LogP contribution in [0.25, 0.3) is 0 Å². The van der Waals surface area contributed by atoms with Crippen LogP contribution in [0.3, 0.4) is 0 Å². The first-order valence-electron chi connectivity index (χ1n) is 5.66. The Kier molecular flexibility index (Phi) is 3.75. The Morgan fingerprint density at radius 3 is 3.00 bits per heavy atom. The van der Waals surface area contributed by atoms with Crippen molar-refractivity contribution in [1.82, 2.24) is 14.8 Å². The molecule has 3 N–H and O–H groups in total. The fourth-order valence-electron chi connectivity index (χ4n) is 1.43. The fraction of sp³-hybridized carbons (Fsp3) is 0.455. The highest BCUT2D eigenvalue weighted by atomic mass is 32.1. The van der Waals surface area contributed by atoms with Crippen molar-refractivity contribution in [3.8, 4) is 0 Å². The van der Waals surface area contributed by atoms with Crippen molar-refractivity contribution >= 4 is 17.2 Å². The van der Waals surface area contributed by atoms with Gasteiger partial charge >= 0.3 is 0 Å². The lowest BCUT2D eigenvalue weighted by atomic mass is 10.4. The molecule has 0 amide bonds. The average molecular weight is 251 g/mol. The molecule has 0 radical (unpaired) electrons. The smallest absolute Gasteiger partial charge is 0.148 e. The summed E-state index contributed by atoms with van der Waals surface area (Å²) in [5, 5.41) is 10.6. The third-order valence-corrected chi connectivity index (χ3v) is 3.47. The van der Waals surface area contributed by atoms with Crippen molar-refractivity contribution in [2.24, 2.45) is 5.73 Å². The molecule has 0 bridgehead atoms. The third kappa shape index (κ3) is 3.04. The van der Waals surface area contributed by atoms with E-state index in [-0.39, 0.29) is 6.04 Å². The summed E-state index contributed by atoms with van der Waals surface area (Å²) in [5.74, 6) is 0.877. The number of rotatable bonds is 5. The van der Waals surface area contributed by atoms with Crippen LogP contribution >= 0.6 is 11.3 Å². The lowest BCUT2D eigenvalue weighted by Gasteiger charge is -2.00. The van der Waals surface area contributed by atoms with Gasteiger partial charge in [0.2, 0.25) is 0 Å². The number of anilines is 1. The topological polar surface area (TPSA) is 68.8 Å². The summed E-state index contributed by atoms with van der Waals surface area (Å²) in [7, 11) is 0. The van der Waals surface area contributed by atoms with E-state index in [2.05, 4.69) is 22.3 Å². The van der Waals surface area contributed by atoms with Gasteiger partial charge in [0.05, 0.1) is 18.3 Å². The maximum Gasteiger partial charge on any atom is 0.148 e. The second kappa shape index (κ2) is 5.29. The van der Waals surface area contributed by atoms with Crippen LogP contribution < -0.4 is 11.1 Å². The van der Waals surface area contributed by atoms with Crippen molar-refractivity contribution in [1.29, 1.82) is 0 Å². The summed E-state index contributed by atoms with van der Waals surface area (Å²) in [6.45, 7) is 5.57. The molecule has 6 heteroatoms. The lowest BCUT2D eigenvalue weighted by molar-refractivity contribution is 0.661. The molecule has 2 rings (SSSR count). The Morgan fingerprint density at radius 1 is 1.59 bits per heavy atom. The van der Waals surface area contributed by atoms with E-state index in [1.807, 2.05) is 29.2 Å². The summed E-state index contributed by atoms with van der Waals surface area (Å²) in [6.07, 6.45) is 1.96. The molecule has 0 fully saturated rings. The van der Waals surface area contributed by atoms with Gasteiger partial charge in [-0.3, -0.25) is 4.68 Å². The molecule has 2 aromatic heterocycles. The highest BCUT2D eigenvalue weighted by Gasteiger charge is 2.06. The standard InChI is InChI=1S/C11H17N5S/c1-3-16-5-4-10(15-16)13-6-9-7-17-11(14-9)8(2)12/h4-5,7-8H,3,6,12H2,1-2H3,(H,13,15). The zero-order valence-electron chi connectivity index (χ0n) is 10.1. The fourth-order valence-corrected chi connectivity index (χ4v) is 2.20. The van der Waals surface area contributed by atoms with Gasteiger partial charge in [0.1, 0.15) is 10.8 Å². The van der Waals surface area contributed by atoms with Crippen LogP contribution in [0.1, 0.15) is 30.6 Å². The zero-order valence-corrected chi connectivity index (χ0v) is 10.9. The van der Waals surface area contributed by atoms with E-state index in [1.54, 1.807) is 11.3 Å². The Balaban J connectivity index is 1.92. The maximum absolute atomic E-state index is 5.77. The predicted molar refractivity (Wildman–Crippen MR) is 69.9 cm³/mol. The van der Waals surface area contributed by atoms with E-state index >= 15 is 0 Å². The molecule has 1 atom stereocenters. The first-order chi connectivity index (χ1) is 8.19. The van der Waals surface area contributed by atoms with Crippen LogP contribution in [-0.2, 0) is 13.1 Å². The van der Waals surface area contributed by atoms with Crippen LogP contribution in [0.4, 0.5) is 5.82 Å².